The molecule has 0 aliphatic carbocycles. The molecule has 0 unspecified atom stereocenters. The molecule has 7 heteroatoms. The minimum atomic E-state index is -0.323. The van der Waals surface area contributed by atoms with Crippen LogP contribution in [0.2, 0.25) is 0 Å². The van der Waals surface area contributed by atoms with E-state index in [1.54, 1.807) is 36.1 Å². The summed E-state index contributed by atoms with van der Waals surface area (Å²) in [7, 11) is 1.39. The van der Waals surface area contributed by atoms with E-state index in [-0.39, 0.29) is 30.3 Å². The number of amides is 1. The smallest absolute Gasteiger partial charge is 0.325 e. The minimum absolute atomic E-state index is 0.0553. The molecular weight excluding hydrogens is 324 g/mol. The Hall–Kier alpha value is -2.57. The molecular formula is C18H24N2O5. The third kappa shape index (κ3) is 5.20. The second-order valence-corrected chi connectivity index (χ2v) is 5.83. The summed E-state index contributed by atoms with van der Waals surface area (Å²) in [5.41, 5.74) is 1.33. The van der Waals surface area contributed by atoms with Gasteiger partial charge in [0.2, 0.25) is 0 Å². The van der Waals surface area contributed by atoms with E-state index in [1.807, 2.05) is 0 Å². The molecule has 0 saturated carbocycles. The van der Waals surface area contributed by atoms with Gasteiger partial charge < -0.3 is 19.7 Å². The van der Waals surface area contributed by atoms with Gasteiger partial charge in [-0.1, -0.05) is 0 Å². The van der Waals surface area contributed by atoms with Crippen molar-refractivity contribution in [3.8, 4) is 0 Å². The standard InChI is InChI=1S/C18H24N2O5/c1-3-25-16(21)12-19-15-6-4-13(5-7-15)17(22)20-10-8-14(9-11-20)18(23)24-2/h4-7,14,19H,3,8-12H2,1-2H3. The normalized spacial score (nSPS) is 14.7. The molecule has 1 heterocycles. The lowest BCUT2D eigenvalue weighted by Gasteiger charge is -2.30. The van der Waals surface area contributed by atoms with Crippen molar-refractivity contribution in [1.82, 2.24) is 4.90 Å². The molecule has 1 aliphatic heterocycles. The minimum Gasteiger partial charge on any atom is -0.469 e. The van der Waals surface area contributed by atoms with Gasteiger partial charge in [0, 0.05) is 24.3 Å². The Bertz CT molecular complexity index is 606. The second kappa shape index (κ2) is 9.05. The molecule has 0 spiro atoms. The number of carbonyl (C=O) groups is 3. The van der Waals surface area contributed by atoms with Crippen LogP contribution in [0.1, 0.15) is 30.1 Å². The molecule has 0 radical (unpaired) electrons. The number of carbonyl (C=O) groups excluding carboxylic acids is 3. The lowest BCUT2D eigenvalue weighted by Crippen LogP contribution is -2.40. The number of nitrogens with zero attached hydrogens (tertiary/aromatic N) is 1. The molecule has 1 aliphatic rings. The van der Waals surface area contributed by atoms with Gasteiger partial charge >= 0.3 is 11.9 Å². The number of hydrogen-bond acceptors (Lipinski definition) is 6. The predicted molar refractivity (Wildman–Crippen MR) is 92.2 cm³/mol. The number of ether oxygens (including phenoxy) is 2. The van der Waals surface area contributed by atoms with Crippen molar-refractivity contribution in [2.75, 3.05) is 38.7 Å². The Morgan fingerprint density at radius 3 is 2.36 bits per heavy atom. The number of likely N-dealkylation sites (tertiary alicyclic amines) is 1. The van der Waals surface area contributed by atoms with Gasteiger partial charge in [-0.15, -0.1) is 0 Å². The molecule has 7 nitrogen and oxygen atoms in total. The molecule has 0 bridgehead atoms. The van der Waals surface area contributed by atoms with E-state index in [0.29, 0.717) is 38.1 Å². The Balaban J connectivity index is 1.86. The fraction of sp³-hybridized carbons (Fsp3) is 0.500. The van der Waals surface area contributed by atoms with Gasteiger partial charge in [-0.05, 0) is 44.0 Å². The Labute approximate surface area is 147 Å². The van der Waals surface area contributed by atoms with Crippen molar-refractivity contribution < 1.29 is 23.9 Å². The van der Waals surface area contributed by atoms with E-state index >= 15 is 0 Å². The number of hydrogen-bond donors (Lipinski definition) is 1. The maximum Gasteiger partial charge on any atom is 0.325 e. The second-order valence-electron chi connectivity index (χ2n) is 5.83. The van der Waals surface area contributed by atoms with Crippen molar-refractivity contribution in [3.63, 3.8) is 0 Å². The first-order chi connectivity index (χ1) is 12.0. The van der Waals surface area contributed by atoms with Crippen molar-refractivity contribution >= 4 is 23.5 Å². The summed E-state index contributed by atoms with van der Waals surface area (Å²) >= 11 is 0. The van der Waals surface area contributed by atoms with Gasteiger partial charge in [0.25, 0.3) is 5.91 Å². The number of benzene rings is 1. The molecule has 0 atom stereocenters. The van der Waals surface area contributed by atoms with Crippen molar-refractivity contribution in [2.24, 2.45) is 5.92 Å². The van der Waals surface area contributed by atoms with Crippen LogP contribution in [-0.4, -0.2) is 56.1 Å². The lowest BCUT2D eigenvalue weighted by atomic mass is 9.96. The molecule has 0 aromatic heterocycles. The van der Waals surface area contributed by atoms with Gasteiger partial charge in [0.05, 0.1) is 19.6 Å². The Kier molecular flexibility index (Phi) is 6.80. The van der Waals surface area contributed by atoms with Gasteiger partial charge in [0.15, 0.2) is 0 Å². The van der Waals surface area contributed by atoms with Crippen LogP contribution in [0.5, 0.6) is 0 Å². The average Bonchev–Trinajstić information content (AvgIpc) is 2.66. The third-order valence-corrected chi connectivity index (χ3v) is 4.19. The predicted octanol–water partition coefficient (Wildman–Crippen LogP) is 1.69. The first kappa shape index (κ1) is 18.8. The summed E-state index contributed by atoms with van der Waals surface area (Å²) in [5.74, 6) is -0.705. The molecule has 1 fully saturated rings. The lowest BCUT2D eigenvalue weighted by molar-refractivity contribution is -0.147. The van der Waals surface area contributed by atoms with E-state index in [2.05, 4.69) is 5.32 Å². The summed E-state index contributed by atoms with van der Waals surface area (Å²) in [4.78, 5) is 37.1. The van der Waals surface area contributed by atoms with Crippen LogP contribution in [0.15, 0.2) is 24.3 Å². The quantitative estimate of drug-likeness (QED) is 0.788. The van der Waals surface area contributed by atoms with Gasteiger partial charge in [-0.3, -0.25) is 14.4 Å². The Morgan fingerprint density at radius 1 is 1.16 bits per heavy atom. The first-order valence-electron chi connectivity index (χ1n) is 8.41. The third-order valence-electron chi connectivity index (χ3n) is 4.19. The van der Waals surface area contributed by atoms with Gasteiger partial charge in [-0.2, -0.15) is 0 Å². The number of nitrogens with one attached hydrogen (secondary N) is 1. The van der Waals surface area contributed by atoms with Crippen LogP contribution < -0.4 is 5.32 Å². The summed E-state index contributed by atoms with van der Waals surface area (Å²) in [6, 6.07) is 6.96. The van der Waals surface area contributed by atoms with Crippen LogP contribution in [0.4, 0.5) is 5.69 Å². The molecule has 1 aromatic rings. The highest BCUT2D eigenvalue weighted by Crippen LogP contribution is 2.20. The van der Waals surface area contributed by atoms with Crippen LogP contribution in [0, 0.1) is 5.92 Å². The number of methoxy groups -OCH3 is 1. The SMILES string of the molecule is CCOC(=O)CNc1ccc(C(=O)N2CCC(C(=O)OC)CC2)cc1. The number of rotatable bonds is 6. The topological polar surface area (TPSA) is 84.9 Å². The highest BCUT2D eigenvalue weighted by atomic mass is 16.5. The van der Waals surface area contributed by atoms with Crippen LogP contribution in [0.25, 0.3) is 0 Å². The summed E-state index contributed by atoms with van der Waals surface area (Å²) in [6.07, 6.45) is 1.25. The van der Waals surface area contributed by atoms with Crippen LogP contribution >= 0.6 is 0 Å². The van der Waals surface area contributed by atoms with Gasteiger partial charge in [0.1, 0.15) is 6.54 Å². The molecule has 1 amide bonds. The first-order valence-corrected chi connectivity index (χ1v) is 8.41. The number of anilines is 1. The molecule has 1 aromatic carbocycles. The van der Waals surface area contributed by atoms with Crippen molar-refractivity contribution in [1.29, 1.82) is 0 Å². The van der Waals surface area contributed by atoms with E-state index in [9.17, 15) is 14.4 Å². The fourth-order valence-corrected chi connectivity index (χ4v) is 2.78. The maximum atomic E-state index is 12.5. The Morgan fingerprint density at radius 2 is 1.80 bits per heavy atom. The molecule has 1 N–H and O–H groups in total. The van der Waals surface area contributed by atoms with Gasteiger partial charge in [-0.25, -0.2) is 0 Å². The number of esters is 2. The zero-order chi connectivity index (χ0) is 18.2. The largest absolute Gasteiger partial charge is 0.469 e. The van der Waals surface area contributed by atoms with E-state index in [0.717, 1.165) is 5.69 Å². The summed E-state index contributed by atoms with van der Waals surface area (Å²) in [6.45, 7) is 3.28. The van der Waals surface area contributed by atoms with Crippen LogP contribution in [0.3, 0.4) is 0 Å². The molecule has 136 valence electrons. The summed E-state index contributed by atoms with van der Waals surface area (Å²) in [5, 5.41) is 2.95. The van der Waals surface area contributed by atoms with Crippen molar-refractivity contribution in [2.45, 2.75) is 19.8 Å². The molecule has 1 saturated heterocycles. The highest BCUT2D eigenvalue weighted by molar-refractivity contribution is 5.94. The number of piperidine rings is 1. The zero-order valence-corrected chi connectivity index (χ0v) is 14.6. The fourth-order valence-electron chi connectivity index (χ4n) is 2.78. The monoisotopic (exact) mass is 348 g/mol. The van der Waals surface area contributed by atoms with Crippen molar-refractivity contribution in [3.05, 3.63) is 29.8 Å². The van der Waals surface area contributed by atoms with E-state index in [1.165, 1.54) is 7.11 Å². The van der Waals surface area contributed by atoms with E-state index in [4.69, 9.17) is 9.47 Å². The summed E-state index contributed by atoms with van der Waals surface area (Å²) < 4.78 is 9.60. The zero-order valence-electron chi connectivity index (χ0n) is 14.6. The average molecular weight is 348 g/mol. The van der Waals surface area contributed by atoms with E-state index < -0.39 is 0 Å². The molecule has 25 heavy (non-hydrogen) atoms. The molecule has 2 rings (SSSR count). The maximum absolute atomic E-state index is 12.5. The highest BCUT2D eigenvalue weighted by Gasteiger charge is 2.28. The van der Waals surface area contributed by atoms with Crippen LogP contribution in [-0.2, 0) is 19.1 Å².